The van der Waals surface area contributed by atoms with Gasteiger partial charge in [0.2, 0.25) is 0 Å². The van der Waals surface area contributed by atoms with E-state index in [4.69, 9.17) is 4.74 Å². The van der Waals surface area contributed by atoms with Crippen LogP contribution in [0.25, 0.3) is 0 Å². The highest BCUT2D eigenvalue weighted by Gasteiger charge is 2.30. The van der Waals surface area contributed by atoms with Gasteiger partial charge in [-0.3, -0.25) is 4.90 Å². The highest BCUT2D eigenvalue weighted by atomic mass is 16.5. The first kappa shape index (κ1) is 17.2. The van der Waals surface area contributed by atoms with E-state index in [1.807, 2.05) is 0 Å². The van der Waals surface area contributed by atoms with Crippen LogP contribution in [0.5, 0.6) is 0 Å². The van der Waals surface area contributed by atoms with Gasteiger partial charge in [0, 0.05) is 44.7 Å². The van der Waals surface area contributed by atoms with Crippen molar-refractivity contribution in [3.8, 4) is 0 Å². The Labute approximate surface area is 144 Å². The maximum absolute atomic E-state index is 10.1. The third-order valence-electron chi connectivity index (χ3n) is 4.76. The predicted octanol–water partition coefficient (Wildman–Crippen LogP) is 2.82. The number of hydrogen-bond acceptors (Lipinski definition) is 3. The quantitative estimate of drug-likeness (QED) is 0.769. The Balaban J connectivity index is 1.68. The number of aliphatic hydroxyl groups excluding tert-OH is 1. The lowest BCUT2D eigenvalue weighted by atomic mass is 10.1. The van der Waals surface area contributed by atoms with E-state index >= 15 is 0 Å². The first-order chi connectivity index (χ1) is 11.7. The van der Waals surface area contributed by atoms with E-state index in [9.17, 15) is 5.11 Å². The van der Waals surface area contributed by atoms with Crippen molar-refractivity contribution in [2.75, 3.05) is 20.3 Å². The first-order valence-corrected chi connectivity index (χ1v) is 8.77. The summed E-state index contributed by atoms with van der Waals surface area (Å²) in [7, 11) is 1.64. The van der Waals surface area contributed by atoms with Gasteiger partial charge in [-0.15, -0.1) is 0 Å². The largest absolute Gasteiger partial charge is 0.389 e. The lowest BCUT2D eigenvalue weighted by Crippen LogP contribution is -2.36. The van der Waals surface area contributed by atoms with Gasteiger partial charge in [0.05, 0.1) is 12.7 Å². The molecule has 1 fully saturated rings. The molecule has 0 amide bonds. The van der Waals surface area contributed by atoms with Crippen molar-refractivity contribution in [3.63, 3.8) is 0 Å². The topological polar surface area (TPSA) is 37.6 Å². The van der Waals surface area contributed by atoms with Crippen LogP contribution in [0.2, 0.25) is 0 Å². The van der Waals surface area contributed by atoms with E-state index in [0.717, 1.165) is 13.1 Å². The molecule has 1 aromatic heterocycles. The second kappa shape index (κ2) is 7.97. The summed E-state index contributed by atoms with van der Waals surface area (Å²) < 4.78 is 7.39. The molecule has 1 unspecified atom stereocenters. The van der Waals surface area contributed by atoms with Gasteiger partial charge in [-0.1, -0.05) is 24.3 Å². The van der Waals surface area contributed by atoms with Crippen LogP contribution in [-0.2, 0) is 17.8 Å². The van der Waals surface area contributed by atoms with Crippen LogP contribution in [-0.4, -0.2) is 47.0 Å². The van der Waals surface area contributed by atoms with Crippen LogP contribution in [0.3, 0.4) is 0 Å². The Hall–Kier alpha value is -1.62. The normalized spacial score (nSPS) is 15.8. The zero-order valence-electron chi connectivity index (χ0n) is 14.7. The molecule has 4 nitrogen and oxygen atoms in total. The first-order valence-electron chi connectivity index (χ1n) is 8.77. The summed E-state index contributed by atoms with van der Waals surface area (Å²) in [6, 6.07) is 13.5. The van der Waals surface area contributed by atoms with Gasteiger partial charge in [-0.25, -0.2) is 0 Å². The number of rotatable bonds is 9. The molecule has 0 radical (unpaired) electrons. The molecule has 1 N–H and O–H groups in total. The SMILES string of the molecule is COCC(O)CN(Cc1cccn1Cc1ccccc1C)C1CC1. The van der Waals surface area contributed by atoms with Gasteiger partial charge < -0.3 is 14.4 Å². The van der Waals surface area contributed by atoms with Crippen molar-refractivity contribution in [2.45, 2.75) is 45.0 Å². The van der Waals surface area contributed by atoms with Crippen molar-refractivity contribution < 1.29 is 9.84 Å². The van der Waals surface area contributed by atoms with E-state index in [-0.39, 0.29) is 0 Å². The number of aryl methyl sites for hydroxylation is 1. The second-order valence-corrected chi connectivity index (χ2v) is 6.82. The number of nitrogens with zero attached hydrogens (tertiary/aromatic N) is 2. The van der Waals surface area contributed by atoms with Gasteiger partial charge in [0.15, 0.2) is 0 Å². The monoisotopic (exact) mass is 328 g/mol. The van der Waals surface area contributed by atoms with Gasteiger partial charge in [0.1, 0.15) is 0 Å². The molecule has 1 aliphatic carbocycles. The van der Waals surface area contributed by atoms with E-state index < -0.39 is 6.10 Å². The Morgan fingerprint density at radius 2 is 2.04 bits per heavy atom. The average molecular weight is 328 g/mol. The summed E-state index contributed by atoms with van der Waals surface area (Å²) in [5, 5.41) is 10.1. The molecule has 1 aliphatic rings. The van der Waals surface area contributed by atoms with Crippen LogP contribution in [0.15, 0.2) is 42.6 Å². The Morgan fingerprint density at radius 1 is 1.25 bits per heavy atom. The van der Waals surface area contributed by atoms with E-state index in [2.05, 4.69) is 59.0 Å². The Morgan fingerprint density at radius 3 is 2.75 bits per heavy atom. The highest BCUT2D eigenvalue weighted by molar-refractivity contribution is 5.26. The van der Waals surface area contributed by atoms with Crippen LogP contribution >= 0.6 is 0 Å². The molecule has 1 heterocycles. The lowest BCUT2D eigenvalue weighted by Gasteiger charge is -2.25. The third-order valence-corrected chi connectivity index (χ3v) is 4.76. The van der Waals surface area contributed by atoms with E-state index in [1.165, 1.54) is 29.7 Å². The summed E-state index contributed by atoms with van der Waals surface area (Å²) >= 11 is 0. The summed E-state index contributed by atoms with van der Waals surface area (Å²) in [6.07, 6.45) is 4.20. The number of aliphatic hydroxyl groups is 1. The average Bonchev–Trinajstić information content (AvgIpc) is 3.32. The minimum absolute atomic E-state index is 0.396. The standard InChI is InChI=1S/C20H28N2O2/c1-16-6-3-4-7-17(16)12-21-11-5-8-19(21)13-22(18-9-10-18)14-20(23)15-24-2/h3-8,11,18,20,23H,9-10,12-15H2,1-2H3. The van der Waals surface area contributed by atoms with Gasteiger partial charge >= 0.3 is 0 Å². The smallest absolute Gasteiger partial charge is 0.0900 e. The molecule has 1 aromatic carbocycles. The van der Waals surface area contributed by atoms with Crippen LogP contribution in [0.1, 0.15) is 29.7 Å². The summed E-state index contributed by atoms with van der Waals surface area (Å²) in [4.78, 5) is 2.40. The number of methoxy groups -OCH3 is 1. The molecule has 0 saturated heterocycles. The molecule has 3 rings (SSSR count). The van der Waals surface area contributed by atoms with Crippen molar-refractivity contribution in [1.82, 2.24) is 9.47 Å². The molecule has 0 bridgehead atoms. The molecular formula is C20H28N2O2. The Kier molecular flexibility index (Phi) is 5.72. The van der Waals surface area contributed by atoms with Crippen molar-refractivity contribution in [2.24, 2.45) is 0 Å². The molecule has 24 heavy (non-hydrogen) atoms. The van der Waals surface area contributed by atoms with Gasteiger partial charge in [-0.2, -0.15) is 0 Å². The number of ether oxygens (including phenoxy) is 1. The molecule has 2 aromatic rings. The fraction of sp³-hybridized carbons (Fsp3) is 0.500. The number of aromatic nitrogens is 1. The molecular weight excluding hydrogens is 300 g/mol. The minimum Gasteiger partial charge on any atom is -0.389 e. The van der Waals surface area contributed by atoms with Gasteiger partial charge in [0.25, 0.3) is 0 Å². The zero-order chi connectivity index (χ0) is 16.9. The van der Waals surface area contributed by atoms with Crippen molar-refractivity contribution in [1.29, 1.82) is 0 Å². The lowest BCUT2D eigenvalue weighted by molar-refractivity contribution is 0.0332. The predicted molar refractivity (Wildman–Crippen MR) is 96.0 cm³/mol. The maximum atomic E-state index is 10.1. The van der Waals surface area contributed by atoms with E-state index in [0.29, 0.717) is 19.2 Å². The van der Waals surface area contributed by atoms with Crippen LogP contribution in [0, 0.1) is 6.92 Å². The third kappa shape index (κ3) is 4.47. The number of hydrogen-bond donors (Lipinski definition) is 1. The molecule has 1 atom stereocenters. The summed E-state index contributed by atoms with van der Waals surface area (Å²) in [6.45, 7) is 5.01. The minimum atomic E-state index is -0.421. The molecule has 0 spiro atoms. The molecule has 4 heteroatoms. The highest BCUT2D eigenvalue weighted by Crippen LogP contribution is 2.28. The zero-order valence-corrected chi connectivity index (χ0v) is 14.7. The van der Waals surface area contributed by atoms with Crippen molar-refractivity contribution >= 4 is 0 Å². The van der Waals surface area contributed by atoms with Gasteiger partial charge in [-0.05, 0) is 43.0 Å². The van der Waals surface area contributed by atoms with E-state index in [1.54, 1.807) is 7.11 Å². The second-order valence-electron chi connectivity index (χ2n) is 6.82. The fourth-order valence-corrected chi connectivity index (χ4v) is 3.22. The van der Waals surface area contributed by atoms with Crippen molar-refractivity contribution in [3.05, 3.63) is 59.4 Å². The van der Waals surface area contributed by atoms with Crippen LogP contribution in [0.4, 0.5) is 0 Å². The summed E-state index contributed by atoms with van der Waals surface area (Å²) in [5.41, 5.74) is 3.98. The number of benzene rings is 1. The molecule has 1 saturated carbocycles. The summed E-state index contributed by atoms with van der Waals surface area (Å²) in [5.74, 6) is 0. The molecule has 130 valence electrons. The fourth-order valence-electron chi connectivity index (χ4n) is 3.22. The van der Waals surface area contributed by atoms with Crippen LogP contribution < -0.4 is 0 Å². The maximum Gasteiger partial charge on any atom is 0.0900 e. The Bertz CT molecular complexity index is 649. The molecule has 0 aliphatic heterocycles.